The molecule has 0 N–H and O–H groups in total. The molecule has 0 heterocycles. The number of rotatable bonds is 8. The predicted octanol–water partition coefficient (Wildman–Crippen LogP) is 6.01. The van der Waals surface area contributed by atoms with Gasteiger partial charge in [0.25, 0.3) is 0 Å². The van der Waals surface area contributed by atoms with Gasteiger partial charge in [-0.15, -0.1) is 0 Å². The molecule has 0 spiro atoms. The molecule has 0 saturated carbocycles. The summed E-state index contributed by atoms with van der Waals surface area (Å²) in [7, 11) is 0. The van der Waals surface area contributed by atoms with Crippen molar-refractivity contribution >= 4 is 34.2 Å². The van der Waals surface area contributed by atoms with E-state index in [4.69, 9.17) is 29.2 Å². The number of aryl methyl sites for hydroxylation is 2. The molecule has 132 valence electrons. The van der Waals surface area contributed by atoms with Crippen molar-refractivity contribution in [3.8, 4) is 0 Å². The van der Waals surface area contributed by atoms with E-state index in [0.29, 0.717) is 0 Å². The van der Waals surface area contributed by atoms with Gasteiger partial charge in [0.2, 0.25) is 0 Å². The Hall–Kier alpha value is -1.42. The first-order valence-corrected chi connectivity index (χ1v) is 9.65. The number of hydrogen-bond acceptors (Lipinski definition) is 3. The minimum atomic E-state index is -0.106. The smallest absolute Gasteiger partial charge is 0.0937 e. The maximum absolute atomic E-state index is 6.36. The van der Waals surface area contributed by atoms with E-state index >= 15 is 0 Å². The molecular formula is C22H26OS2. The molecular weight excluding hydrogens is 344 g/mol. The first-order valence-electron chi connectivity index (χ1n) is 8.83. The second-order valence-corrected chi connectivity index (χ2v) is 7.27. The number of hydrogen-bond donors (Lipinski definition) is 0. The van der Waals surface area contributed by atoms with Crippen LogP contribution in [0.25, 0.3) is 0 Å². The monoisotopic (exact) mass is 370 g/mol. The molecule has 0 aliphatic heterocycles. The number of thiocarbonyl (C=S) groups is 2. The van der Waals surface area contributed by atoms with Crippen LogP contribution in [0.3, 0.4) is 0 Å². The summed E-state index contributed by atoms with van der Waals surface area (Å²) in [5.74, 6) is 0. The second kappa shape index (κ2) is 9.33. The van der Waals surface area contributed by atoms with Gasteiger partial charge < -0.3 is 4.74 Å². The van der Waals surface area contributed by atoms with Crippen LogP contribution in [0.1, 0.15) is 48.9 Å². The van der Waals surface area contributed by atoms with E-state index < -0.39 is 0 Å². The summed E-state index contributed by atoms with van der Waals surface area (Å²) in [6, 6.07) is 16.6. The van der Waals surface area contributed by atoms with Crippen LogP contribution in [0, 0.1) is 13.8 Å². The molecule has 0 aromatic heterocycles. The Balaban J connectivity index is 2.14. The number of ether oxygens (including phenoxy) is 1. The highest BCUT2D eigenvalue weighted by Crippen LogP contribution is 2.19. The van der Waals surface area contributed by atoms with Gasteiger partial charge in [-0.3, -0.25) is 0 Å². The minimum absolute atomic E-state index is 0.106. The number of benzene rings is 2. The lowest BCUT2D eigenvalue weighted by molar-refractivity contribution is 0.0634. The van der Waals surface area contributed by atoms with Crippen molar-refractivity contribution in [2.45, 2.75) is 52.7 Å². The fourth-order valence-electron chi connectivity index (χ4n) is 2.69. The fourth-order valence-corrected chi connectivity index (χ4v) is 3.41. The molecule has 0 aliphatic rings. The van der Waals surface area contributed by atoms with E-state index in [0.717, 1.165) is 33.7 Å². The topological polar surface area (TPSA) is 9.23 Å². The molecule has 3 heteroatoms. The second-order valence-electron chi connectivity index (χ2n) is 6.39. The van der Waals surface area contributed by atoms with Crippen molar-refractivity contribution in [3.05, 3.63) is 70.8 Å². The van der Waals surface area contributed by atoms with Crippen LogP contribution in [0.15, 0.2) is 48.5 Å². The zero-order valence-electron chi connectivity index (χ0n) is 15.4. The lowest BCUT2D eigenvalue weighted by Gasteiger charge is -2.25. The van der Waals surface area contributed by atoms with Crippen LogP contribution in [-0.2, 0) is 4.74 Å². The standard InChI is InChI=1S/C22H26OS2/c1-5-19(21(24)17-11-7-15(3)8-12-17)23-20(6-2)22(25)18-13-9-16(4)10-14-18/h7-14,19-20H,5-6H2,1-4H3. The Labute approximate surface area is 162 Å². The Morgan fingerprint density at radius 3 is 1.32 bits per heavy atom. The maximum atomic E-state index is 6.36. The van der Waals surface area contributed by atoms with Gasteiger partial charge in [0.1, 0.15) is 0 Å². The highest BCUT2D eigenvalue weighted by atomic mass is 32.1. The third-order valence-corrected chi connectivity index (χ3v) is 5.32. The lowest BCUT2D eigenvalue weighted by atomic mass is 10.0. The van der Waals surface area contributed by atoms with Gasteiger partial charge in [-0.05, 0) is 37.8 Å². The van der Waals surface area contributed by atoms with Gasteiger partial charge in [-0.25, -0.2) is 0 Å². The molecule has 2 aromatic rings. The van der Waals surface area contributed by atoms with E-state index in [9.17, 15) is 0 Å². The largest absolute Gasteiger partial charge is 0.364 e. The van der Waals surface area contributed by atoms with Crippen LogP contribution in [0.2, 0.25) is 0 Å². The van der Waals surface area contributed by atoms with Crippen molar-refractivity contribution in [2.75, 3.05) is 0 Å². The van der Waals surface area contributed by atoms with E-state index in [1.807, 2.05) is 0 Å². The molecule has 0 saturated heterocycles. The van der Waals surface area contributed by atoms with E-state index in [-0.39, 0.29) is 12.2 Å². The highest BCUT2D eigenvalue weighted by molar-refractivity contribution is 7.81. The third kappa shape index (κ3) is 5.27. The van der Waals surface area contributed by atoms with Crippen molar-refractivity contribution in [3.63, 3.8) is 0 Å². The molecule has 0 fully saturated rings. The molecule has 0 bridgehead atoms. The van der Waals surface area contributed by atoms with Gasteiger partial charge in [0.05, 0.1) is 21.9 Å². The molecule has 0 aliphatic carbocycles. The molecule has 2 atom stereocenters. The summed E-state index contributed by atoms with van der Waals surface area (Å²) >= 11 is 11.4. The first kappa shape index (κ1) is 19.9. The predicted molar refractivity (Wildman–Crippen MR) is 115 cm³/mol. The maximum Gasteiger partial charge on any atom is 0.0937 e. The minimum Gasteiger partial charge on any atom is -0.364 e. The molecule has 2 rings (SSSR count). The Kier molecular flexibility index (Phi) is 7.42. The van der Waals surface area contributed by atoms with Gasteiger partial charge >= 0.3 is 0 Å². The fraction of sp³-hybridized carbons (Fsp3) is 0.364. The van der Waals surface area contributed by atoms with E-state index in [1.165, 1.54) is 11.1 Å². The summed E-state index contributed by atoms with van der Waals surface area (Å²) in [5, 5.41) is 0. The Morgan fingerprint density at radius 2 is 1.04 bits per heavy atom. The van der Waals surface area contributed by atoms with Crippen LogP contribution in [0.4, 0.5) is 0 Å². The molecule has 2 aromatic carbocycles. The van der Waals surface area contributed by atoms with E-state index in [1.54, 1.807) is 0 Å². The summed E-state index contributed by atoms with van der Waals surface area (Å²) in [6.45, 7) is 8.36. The molecule has 25 heavy (non-hydrogen) atoms. The van der Waals surface area contributed by atoms with Crippen LogP contribution in [0.5, 0.6) is 0 Å². The summed E-state index contributed by atoms with van der Waals surface area (Å²) < 4.78 is 6.36. The molecule has 1 nitrogen and oxygen atoms in total. The molecule has 0 radical (unpaired) electrons. The summed E-state index contributed by atoms with van der Waals surface area (Å²) in [6.07, 6.45) is 1.46. The summed E-state index contributed by atoms with van der Waals surface area (Å²) in [5.41, 5.74) is 4.58. The zero-order chi connectivity index (χ0) is 18.4. The van der Waals surface area contributed by atoms with Crippen molar-refractivity contribution in [1.29, 1.82) is 0 Å². The Bertz CT molecular complexity index is 653. The average molecular weight is 371 g/mol. The van der Waals surface area contributed by atoms with Gasteiger partial charge in [0, 0.05) is 0 Å². The van der Waals surface area contributed by atoms with Crippen molar-refractivity contribution in [1.82, 2.24) is 0 Å². The quantitative estimate of drug-likeness (QED) is 0.416. The highest BCUT2D eigenvalue weighted by Gasteiger charge is 2.22. The lowest BCUT2D eigenvalue weighted by Crippen LogP contribution is -2.32. The normalized spacial score (nSPS) is 13.3. The average Bonchev–Trinajstić information content (AvgIpc) is 2.63. The summed E-state index contributed by atoms with van der Waals surface area (Å²) in [4.78, 5) is 1.71. The van der Waals surface area contributed by atoms with Gasteiger partial charge in [-0.1, -0.05) is 97.9 Å². The van der Waals surface area contributed by atoms with Gasteiger partial charge in [-0.2, -0.15) is 0 Å². The SMILES string of the molecule is CCC(OC(CC)C(=S)c1ccc(C)cc1)C(=S)c1ccc(C)cc1. The van der Waals surface area contributed by atoms with E-state index in [2.05, 4.69) is 76.2 Å². The first-order chi connectivity index (χ1) is 12.0. The van der Waals surface area contributed by atoms with Crippen molar-refractivity contribution in [2.24, 2.45) is 0 Å². The molecule has 2 unspecified atom stereocenters. The van der Waals surface area contributed by atoms with Crippen LogP contribution in [-0.4, -0.2) is 21.9 Å². The van der Waals surface area contributed by atoms with Crippen LogP contribution < -0.4 is 0 Å². The van der Waals surface area contributed by atoms with Crippen molar-refractivity contribution < 1.29 is 4.74 Å². The molecule has 0 amide bonds. The third-order valence-electron chi connectivity index (χ3n) is 4.33. The van der Waals surface area contributed by atoms with Gasteiger partial charge in [0.15, 0.2) is 0 Å². The Morgan fingerprint density at radius 1 is 0.720 bits per heavy atom. The zero-order valence-corrected chi connectivity index (χ0v) is 17.0. The van der Waals surface area contributed by atoms with Crippen LogP contribution >= 0.6 is 24.4 Å².